The van der Waals surface area contributed by atoms with E-state index in [0.717, 1.165) is 38.5 Å². The Hall–Kier alpha value is -0.630. The van der Waals surface area contributed by atoms with Gasteiger partial charge >= 0.3 is 0 Å². The topological polar surface area (TPSA) is 102 Å². The van der Waals surface area contributed by atoms with E-state index in [-0.39, 0.29) is 5.54 Å². The number of nitrogens with two attached hydrogens (primary N) is 3. The van der Waals surface area contributed by atoms with Gasteiger partial charge in [0, 0.05) is 12.1 Å². The minimum absolute atomic E-state index is 0.00174. The summed E-state index contributed by atoms with van der Waals surface area (Å²) in [5, 5.41) is 8.58. The molecule has 0 aromatic carbocycles. The van der Waals surface area contributed by atoms with Gasteiger partial charge in [-0.25, -0.2) is 0 Å². The Morgan fingerprint density at radius 2 is 1.28 bits per heavy atom. The molecule has 0 spiro atoms. The van der Waals surface area contributed by atoms with Crippen molar-refractivity contribution in [2.45, 2.75) is 75.3 Å². The molecule has 0 bridgehead atoms. The van der Waals surface area contributed by atoms with Gasteiger partial charge in [-0.05, 0) is 25.7 Å². The highest BCUT2D eigenvalue weighted by Crippen LogP contribution is 2.25. The third kappa shape index (κ3) is 4.93. The lowest BCUT2D eigenvalue weighted by molar-refractivity contribution is 0.304. The molecular weight excluding hydrogens is 224 g/mol. The molecule has 0 unspecified atom stereocenters. The van der Waals surface area contributed by atoms with Crippen LogP contribution in [0.2, 0.25) is 0 Å². The summed E-state index contributed by atoms with van der Waals surface area (Å²) < 4.78 is 0. The fourth-order valence-corrected chi connectivity index (χ4v) is 2.75. The van der Waals surface area contributed by atoms with E-state index in [0.29, 0.717) is 6.54 Å². The van der Waals surface area contributed by atoms with Gasteiger partial charge in [0.25, 0.3) is 0 Å². The summed E-state index contributed by atoms with van der Waals surface area (Å²) in [4.78, 5) is 0. The van der Waals surface area contributed by atoms with Crippen LogP contribution in [0.3, 0.4) is 0 Å². The second-order valence-electron chi connectivity index (χ2n) is 5.96. The average Bonchev–Trinajstić information content (AvgIpc) is 2.41. The molecule has 0 amide bonds. The number of nitrogens with zero attached hydrogens (tertiary/aromatic N) is 1. The number of rotatable bonds is 1. The van der Waals surface area contributed by atoms with E-state index in [1.54, 1.807) is 0 Å². The molecule has 2 rings (SSSR count). The molecule has 0 radical (unpaired) electrons. The lowest BCUT2D eigenvalue weighted by Crippen LogP contribution is -2.48. The Kier molecular flexibility index (Phi) is 6.07. The van der Waals surface area contributed by atoms with Gasteiger partial charge < -0.3 is 17.2 Å². The summed E-state index contributed by atoms with van der Waals surface area (Å²) in [5.41, 5.74) is 16.7. The van der Waals surface area contributed by atoms with Crippen LogP contribution >= 0.6 is 0 Å². The van der Waals surface area contributed by atoms with E-state index in [4.69, 9.17) is 22.5 Å². The van der Waals surface area contributed by atoms with Gasteiger partial charge in [-0.15, -0.1) is 0 Å². The van der Waals surface area contributed by atoms with Crippen LogP contribution in [0, 0.1) is 11.3 Å². The van der Waals surface area contributed by atoms with Crippen molar-refractivity contribution in [3.8, 4) is 6.07 Å². The first-order valence-electron chi connectivity index (χ1n) is 7.23. The maximum Gasteiger partial charge on any atom is 0.104 e. The van der Waals surface area contributed by atoms with Gasteiger partial charge in [0.1, 0.15) is 5.54 Å². The maximum absolute atomic E-state index is 8.58. The zero-order valence-electron chi connectivity index (χ0n) is 11.5. The molecule has 6 N–H and O–H groups in total. The molecular formula is C14H28N4. The van der Waals surface area contributed by atoms with Crippen molar-refractivity contribution in [2.75, 3.05) is 6.54 Å². The first kappa shape index (κ1) is 15.4. The van der Waals surface area contributed by atoms with Gasteiger partial charge in [0.15, 0.2) is 0 Å². The van der Waals surface area contributed by atoms with Gasteiger partial charge in [-0.2, -0.15) is 5.26 Å². The summed E-state index contributed by atoms with van der Waals surface area (Å²) in [6, 6.07) is 2.16. The standard InChI is InChI=1S/C7H16N2.C7H12N2/c2*8-6-7(9)4-2-1-3-5-7/h1-6,8-9H2;1-5,9H2. The monoisotopic (exact) mass is 252 g/mol. The van der Waals surface area contributed by atoms with E-state index in [1.165, 1.54) is 25.7 Å². The molecule has 0 atom stereocenters. The number of hydrogen-bond acceptors (Lipinski definition) is 4. The Bertz CT molecular complexity index is 270. The maximum atomic E-state index is 8.58. The summed E-state index contributed by atoms with van der Waals surface area (Å²) >= 11 is 0. The molecule has 2 aliphatic carbocycles. The number of nitriles is 1. The Morgan fingerprint density at radius 1 is 0.833 bits per heavy atom. The van der Waals surface area contributed by atoms with Crippen LogP contribution in [0.1, 0.15) is 64.2 Å². The summed E-state index contributed by atoms with van der Waals surface area (Å²) in [6.07, 6.45) is 11.4. The Morgan fingerprint density at radius 3 is 1.56 bits per heavy atom. The lowest BCUT2D eigenvalue weighted by atomic mass is 9.83. The fraction of sp³-hybridized carbons (Fsp3) is 0.929. The molecule has 0 aromatic rings. The highest BCUT2D eigenvalue weighted by atomic mass is 14.8. The average molecular weight is 252 g/mol. The summed E-state index contributed by atoms with van der Waals surface area (Å²) in [5.74, 6) is 0. The molecule has 2 saturated carbocycles. The molecule has 2 aliphatic rings. The van der Waals surface area contributed by atoms with E-state index in [2.05, 4.69) is 6.07 Å². The Labute approximate surface area is 111 Å². The molecule has 18 heavy (non-hydrogen) atoms. The quantitative estimate of drug-likeness (QED) is 0.662. The molecule has 2 fully saturated rings. The molecule has 0 heterocycles. The normalized spacial score (nSPS) is 25.4. The molecule has 4 nitrogen and oxygen atoms in total. The third-order valence-corrected chi connectivity index (χ3v) is 4.22. The lowest BCUT2D eigenvalue weighted by Gasteiger charge is -2.31. The minimum Gasteiger partial charge on any atom is -0.329 e. The van der Waals surface area contributed by atoms with Crippen molar-refractivity contribution in [3.63, 3.8) is 0 Å². The van der Waals surface area contributed by atoms with Crippen LogP contribution in [-0.2, 0) is 0 Å². The molecule has 0 aromatic heterocycles. The summed E-state index contributed by atoms with van der Waals surface area (Å²) in [6.45, 7) is 0.660. The largest absolute Gasteiger partial charge is 0.329 e. The van der Waals surface area contributed by atoms with Gasteiger partial charge in [0.05, 0.1) is 6.07 Å². The molecule has 0 saturated heterocycles. The predicted molar refractivity (Wildman–Crippen MR) is 74.7 cm³/mol. The molecule has 4 heteroatoms. The van der Waals surface area contributed by atoms with Crippen molar-refractivity contribution >= 4 is 0 Å². The first-order chi connectivity index (χ1) is 8.54. The zero-order valence-corrected chi connectivity index (χ0v) is 11.5. The van der Waals surface area contributed by atoms with Crippen LogP contribution in [0.15, 0.2) is 0 Å². The first-order valence-corrected chi connectivity index (χ1v) is 7.23. The van der Waals surface area contributed by atoms with E-state index >= 15 is 0 Å². The van der Waals surface area contributed by atoms with Crippen molar-refractivity contribution in [2.24, 2.45) is 17.2 Å². The smallest absolute Gasteiger partial charge is 0.104 e. The second kappa shape index (κ2) is 7.08. The third-order valence-electron chi connectivity index (χ3n) is 4.22. The van der Waals surface area contributed by atoms with Gasteiger partial charge in [0.2, 0.25) is 0 Å². The van der Waals surface area contributed by atoms with E-state index < -0.39 is 5.54 Å². The van der Waals surface area contributed by atoms with Crippen LogP contribution in [0.4, 0.5) is 0 Å². The van der Waals surface area contributed by atoms with Crippen molar-refractivity contribution in [3.05, 3.63) is 0 Å². The Balaban J connectivity index is 0.000000180. The second-order valence-corrected chi connectivity index (χ2v) is 5.96. The zero-order chi connectivity index (χ0) is 13.5. The summed E-state index contributed by atoms with van der Waals surface area (Å²) in [7, 11) is 0. The van der Waals surface area contributed by atoms with Crippen molar-refractivity contribution < 1.29 is 0 Å². The van der Waals surface area contributed by atoms with Crippen LogP contribution < -0.4 is 17.2 Å². The van der Waals surface area contributed by atoms with Crippen LogP contribution in [-0.4, -0.2) is 17.6 Å². The van der Waals surface area contributed by atoms with Crippen LogP contribution in [0.25, 0.3) is 0 Å². The van der Waals surface area contributed by atoms with Crippen molar-refractivity contribution in [1.29, 1.82) is 5.26 Å². The number of hydrogen-bond donors (Lipinski definition) is 3. The van der Waals surface area contributed by atoms with Gasteiger partial charge in [-0.3, -0.25) is 0 Å². The highest BCUT2D eigenvalue weighted by molar-refractivity contribution is 5.05. The highest BCUT2D eigenvalue weighted by Gasteiger charge is 2.26. The molecule has 104 valence electrons. The van der Waals surface area contributed by atoms with Crippen LogP contribution in [0.5, 0.6) is 0 Å². The SMILES string of the molecule is N#CC1(N)CCCCC1.NCC1(N)CCCCC1. The van der Waals surface area contributed by atoms with Gasteiger partial charge in [-0.1, -0.05) is 38.5 Å². The minimum atomic E-state index is -0.474. The molecule has 0 aliphatic heterocycles. The van der Waals surface area contributed by atoms with E-state index in [9.17, 15) is 0 Å². The fourth-order valence-electron chi connectivity index (χ4n) is 2.75. The predicted octanol–water partition coefficient (Wildman–Crippen LogP) is 1.78. The van der Waals surface area contributed by atoms with Crippen molar-refractivity contribution in [1.82, 2.24) is 0 Å². The van der Waals surface area contributed by atoms with E-state index in [1.807, 2.05) is 0 Å².